The maximum atomic E-state index is 13.5. The number of hydrogen-bond donors (Lipinski definition) is 1. The van der Waals surface area contributed by atoms with Gasteiger partial charge in [0.1, 0.15) is 5.82 Å². The molecule has 0 spiro atoms. The van der Waals surface area contributed by atoms with Gasteiger partial charge in [0.2, 0.25) is 0 Å². The van der Waals surface area contributed by atoms with Gasteiger partial charge in [-0.15, -0.1) is 0 Å². The first kappa shape index (κ1) is 14.3. The van der Waals surface area contributed by atoms with E-state index in [0.29, 0.717) is 5.56 Å². The molecule has 2 unspecified atom stereocenters. The van der Waals surface area contributed by atoms with E-state index in [4.69, 9.17) is 0 Å². The van der Waals surface area contributed by atoms with Gasteiger partial charge in [0.15, 0.2) is 0 Å². The van der Waals surface area contributed by atoms with E-state index in [1.54, 1.807) is 18.6 Å². The lowest BCUT2D eigenvalue weighted by atomic mass is 10.1. The van der Waals surface area contributed by atoms with Crippen LogP contribution < -0.4 is 5.32 Å². The summed E-state index contributed by atoms with van der Waals surface area (Å²) >= 11 is 3.13. The summed E-state index contributed by atoms with van der Waals surface area (Å²) in [6.07, 6.45) is 8.39. The predicted molar refractivity (Wildman–Crippen MR) is 80.5 cm³/mol. The van der Waals surface area contributed by atoms with Crippen molar-refractivity contribution >= 4 is 21.8 Å². The molecule has 6 heteroatoms. The van der Waals surface area contributed by atoms with Gasteiger partial charge in [0.25, 0.3) is 5.91 Å². The van der Waals surface area contributed by atoms with Crippen molar-refractivity contribution in [2.75, 3.05) is 0 Å². The van der Waals surface area contributed by atoms with E-state index in [-0.39, 0.29) is 22.5 Å². The predicted octanol–water partition coefficient (Wildman–Crippen LogP) is 3.31. The largest absolute Gasteiger partial charge is 0.347 e. The summed E-state index contributed by atoms with van der Waals surface area (Å²) in [6, 6.07) is 4.73. The highest BCUT2D eigenvalue weighted by Gasteiger charge is 2.30. The first-order valence-electron chi connectivity index (χ1n) is 6.89. The van der Waals surface area contributed by atoms with E-state index in [2.05, 4.69) is 26.2 Å². The number of rotatable bonds is 3. The Hall–Kier alpha value is -1.69. The number of nitrogens with one attached hydrogen (secondary N) is 1. The third-order valence-electron chi connectivity index (χ3n) is 3.90. The minimum Gasteiger partial charge on any atom is -0.347 e. The van der Waals surface area contributed by atoms with Crippen molar-refractivity contribution in [2.45, 2.75) is 31.3 Å². The zero-order chi connectivity index (χ0) is 14.8. The van der Waals surface area contributed by atoms with Crippen LogP contribution in [0.3, 0.4) is 0 Å². The number of carbonyl (C=O) groups excluding carboxylic acids is 1. The Balaban J connectivity index is 1.76. The van der Waals surface area contributed by atoms with Crippen LogP contribution in [0.5, 0.6) is 0 Å². The molecule has 1 heterocycles. The van der Waals surface area contributed by atoms with Crippen LogP contribution in [0.15, 0.2) is 41.4 Å². The molecule has 3 rings (SSSR count). The molecule has 0 bridgehead atoms. The fraction of sp³-hybridized carbons (Fsp3) is 0.333. The van der Waals surface area contributed by atoms with Crippen LogP contribution >= 0.6 is 15.9 Å². The molecule has 1 amide bonds. The number of hydrogen-bond acceptors (Lipinski definition) is 2. The van der Waals surface area contributed by atoms with Crippen LogP contribution in [0.25, 0.3) is 0 Å². The summed E-state index contributed by atoms with van der Waals surface area (Å²) < 4.78 is 15.7. The minimum absolute atomic E-state index is 0.0434. The van der Waals surface area contributed by atoms with Gasteiger partial charge in [0, 0.05) is 18.4 Å². The second-order valence-corrected chi connectivity index (χ2v) is 5.98. The molecule has 0 aliphatic heterocycles. The third kappa shape index (κ3) is 2.85. The van der Waals surface area contributed by atoms with Crippen LogP contribution in [-0.2, 0) is 0 Å². The van der Waals surface area contributed by atoms with E-state index < -0.39 is 5.82 Å². The fourth-order valence-corrected chi connectivity index (χ4v) is 3.30. The number of amides is 1. The summed E-state index contributed by atoms with van der Waals surface area (Å²) in [7, 11) is 0. The average Bonchev–Trinajstić information content (AvgIpc) is 3.12. The van der Waals surface area contributed by atoms with Crippen LogP contribution in [0.4, 0.5) is 4.39 Å². The van der Waals surface area contributed by atoms with Gasteiger partial charge in [-0.05, 0) is 47.3 Å². The fourth-order valence-electron chi connectivity index (χ4n) is 2.86. The first-order valence-corrected chi connectivity index (χ1v) is 7.68. The number of nitrogens with zero attached hydrogens (tertiary/aromatic N) is 2. The quantitative estimate of drug-likeness (QED) is 0.921. The molecule has 0 saturated heterocycles. The molecule has 1 aromatic carbocycles. The van der Waals surface area contributed by atoms with E-state index in [9.17, 15) is 9.18 Å². The molecule has 4 nitrogen and oxygen atoms in total. The molecule has 0 radical (unpaired) electrons. The van der Waals surface area contributed by atoms with Gasteiger partial charge in [-0.2, -0.15) is 0 Å². The first-order chi connectivity index (χ1) is 10.2. The smallest absolute Gasteiger partial charge is 0.252 e. The summed E-state index contributed by atoms with van der Waals surface area (Å²) in [5.74, 6) is -0.682. The van der Waals surface area contributed by atoms with Gasteiger partial charge >= 0.3 is 0 Å². The van der Waals surface area contributed by atoms with Crippen molar-refractivity contribution in [3.63, 3.8) is 0 Å². The Morgan fingerprint density at radius 1 is 1.43 bits per heavy atom. The number of aromatic nitrogens is 2. The zero-order valence-corrected chi connectivity index (χ0v) is 12.9. The second kappa shape index (κ2) is 5.97. The zero-order valence-electron chi connectivity index (χ0n) is 11.3. The van der Waals surface area contributed by atoms with Crippen molar-refractivity contribution in [1.29, 1.82) is 0 Å². The van der Waals surface area contributed by atoms with Crippen molar-refractivity contribution in [2.24, 2.45) is 0 Å². The van der Waals surface area contributed by atoms with Gasteiger partial charge in [-0.25, -0.2) is 9.37 Å². The van der Waals surface area contributed by atoms with Crippen molar-refractivity contribution in [3.8, 4) is 0 Å². The SMILES string of the molecule is O=C(NC1CCCC1n1ccnc1)c1cccc(F)c1Br. The Morgan fingerprint density at radius 2 is 2.29 bits per heavy atom. The summed E-state index contributed by atoms with van der Waals surface area (Å²) in [4.78, 5) is 16.4. The molecule has 1 fully saturated rings. The van der Waals surface area contributed by atoms with E-state index in [0.717, 1.165) is 19.3 Å². The molecule has 1 aliphatic rings. The van der Waals surface area contributed by atoms with Crippen LogP contribution in [0.2, 0.25) is 0 Å². The van der Waals surface area contributed by atoms with Gasteiger partial charge < -0.3 is 9.88 Å². The molecule has 1 aromatic heterocycles. The molecule has 2 atom stereocenters. The normalized spacial score (nSPS) is 21.4. The molecule has 21 heavy (non-hydrogen) atoms. The number of halogens is 2. The molecule has 2 aromatic rings. The van der Waals surface area contributed by atoms with E-state index in [1.807, 2.05) is 10.8 Å². The monoisotopic (exact) mass is 351 g/mol. The Kier molecular flexibility index (Phi) is 4.05. The lowest BCUT2D eigenvalue weighted by Gasteiger charge is -2.22. The molecule has 110 valence electrons. The number of imidazole rings is 1. The lowest BCUT2D eigenvalue weighted by Crippen LogP contribution is -2.38. The Bertz CT molecular complexity index is 644. The Morgan fingerprint density at radius 3 is 3.05 bits per heavy atom. The van der Waals surface area contributed by atoms with Gasteiger partial charge in [-0.3, -0.25) is 4.79 Å². The maximum Gasteiger partial charge on any atom is 0.252 e. The van der Waals surface area contributed by atoms with E-state index >= 15 is 0 Å². The van der Waals surface area contributed by atoms with Crippen LogP contribution in [-0.4, -0.2) is 21.5 Å². The standard InChI is InChI=1S/C15H15BrFN3O/c16-14-10(3-1-4-11(14)17)15(21)19-12-5-2-6-13(12)20-8-7-18-9-20/h1,3-4,7-9,12-13H,2,5-6H2,(H,19,21). The van der Waals surface area contributed by atoms with Crippen molar-refractivity contribution in [1.82, 2.24) is 14.9 Å². The number of carbonyl (C=O) groups is 1. The summed E-state index contributed by atoms with van der Waals surface area (Å²) in [5, 5.41) is 3.02. The van der Waals surface area contributed by atoms with Crippen molar-refractivity contribution < 1.29 is 9.18 Å². The minimum atomic E-state index is -0.430. The van der Waals surface area contributed by atoms with Crippen molar-refractivity contribution in [3.05, 3.63) is 52.8 Å². The maximum absolute atomic E-state index is 13.5. The highest BCUT2D eigenvalue weighted by atomic mass is 79.9. The molecular weight excluding hydrogens is 337 g/mol. The van der Waals surface area contributed by atoms with Crippen LogP contribution in [0.1, 0.15) is 35.7 Å². The van der Waals surface area contributed by atoms with Gasteiger partial charge in [-0.1, -0.05) is 6.07 Å². The second-order valence-electron chi connectivity index (χ2n) is 5.19. The molecule has 1 saturated carbocycles. The Labute approximate surface area is 130 Å². The third-order valence-corrected chi connectivity index (χ3v) is 4.71. The summed E-state index contributed by atoms with van der Waals surface area (Å²) in [5.41, 5.74) is 0.325. The molecule has 1 aliphatic carbocycles. The average molecular weight is 352 g/mol. The van der Waals surface area contributed by atoms with E-state index in [1.165, 1.54) is 12.1 Å². The van der Waals surface area contributed by atoms with Crippen LogP contribution in [0, 0.1) is 5.82 Å². The van der Waals surface area contributed by atoms with Gasteiger partial charge in [0.05, 0.1) is 22.4 Å². The lowest BCUT2D eigenvalue weighted by molar-refractivity contribution is 0.0927. The summed E-state index contributed by atoms with van der Waals surface area (Å²) in [6.45, 7) is 0. The molecule has 1 N–H and O–H groups in total. The molecular formula is C15H15BrFN3O. The highest BCUT2D eigenvalue weighted by molar-refractivity contribution is 9.10. The number of benzene rings is 1. The topological polar surface area (TPSA) is 46.9 Å². The highest BCUT2D eigenvalue weighted by Crippen LogP contribution is 2.30.